The van der Waals surface area contributed by atoms with Gasteiger partial charge in [-0.15, -0.1) is 0 Å². The molecule has 8 N–H and O–H groups in total. The summed E-state index contributed by atoms with van der Waals surface area (Å²) in [6.07, 6.45) is 1.59. The summed E-state index contributed by atoms with van der Waals surface area (Å²) in [5, 5.41) is 37.8. The Morgan fingerprint density at radius 1 is 0.686 bits per heavy atom. The molecule has 0 bridgehead atoms. The summed E-state index contributed by atoms with van der Waals surface area (Å²) < 4.78 is 5.02. The molecule has 0 fully saturated rings. The van der Waals surface area contributed by atoms with Crippen LogP contribution >= 0.6 is 0 Å². The topological polar surface area (TPSA) is 240 Å². The highest BCUT2D eigenvalue weighted by molar-refractivity contribution is 5.77. The van der Waals surface area contributed by atoms with Crippen LogP contribution in [0.25, 0.3) is 0 Å². The molecule has 3 heterocycles. The Bertz CT molecular complexity index is 1820. The third kappa shape index (κ3) is 11.4. The van der Waals surface area contributed by atoms with E-state index >= 15 is 0 Å². The molecule has 0 unspecified atom stereocenters. The molecule has 16 heteroatoms. The number of carbonyl (C=O) groups excluding carboxylic acids is 3. The lowest BCUT2D eigenvalue weighted by Gasteiger charge is -2.29. The van der Waals surface area contributed by atoms with Crippen LogP contribution in [0.3, 0.4) is 0 Å². The summed E-state index contributed by atoms with van der Waals surface area (Å²) in [4.78, 5) is 70.9. The molecule has 0 saturated heterocycles. The summed E-state index contributed by atoms with van der Waals surface area (Å²) in [6, 6.07) is 4.03. The summed E-state index contributed by atoms with van der Waals surface area (Å²) in [5.74, 6) is -1.74. The molecule has 3 aromatic heterocycles. The fourth-order valence-electron chi connectivity index (χ4n) is 5.37. The average molecular weight is 714 g/mol. The first-order chi connectivity index (χ1) is 23.9. The number of nitrogens with one attached hydrogen (secondary N) is 3. The zero-order valence-corrected chi connectivity index (χ0v) is 30.4. The molecule has 0 radical (unpaired) electrons. The van der Waals surface area contributed by atoms with Gasteiger partial charge < -0.3 is 55.5 Å². The predicted octanol–water partition coefficient (Wildman–Crippen LogP) is 0.400. The van der Waals surface area contributed by atoms with Crippen molar-refractivity contribution in [2.24, 2.45) is 26.9 Å². The number of aryl methyl sites for hydroxylation is 3. The first-order valence-corrected chi connectivity index (χ1v) is 16.4. The minimum absolute atomic E-state index is 0.0107. The number of nitrogens with two attached hydrogens (primary N) is 1. The Kier molecular flexibility index (Phi) is 15.4. The number of aldehydes is 1. The molecule has 0 aromatic carbocycles. The van der Waals surface area contributed by atoms with Crippen molar-refractivity contribution < 1.29 is 29.7 Å². The first-order valence-electron chi connectivity index (χ1n) is 16.4. The van der Waals surface area contributed by atoms with Gasteiger partial charge in [0.05, 0.1) is 30.2 Å². The quantitative estimate of drug-likeness (QED) is 0.106. The van der Waals surface area contributed by atoms with Gasteiger partial charge in [0, 0.05) is 87.8 Å². The van der Waals surface area contributed by atoms with Gasteiger partial charge in [-0.25, -0.2) is 0 Å². The Labute approximate surface area is 295 Å². The van der Waals surface area contributed by atoms with E-state index in [1.54, 1.807) is 48.7 Å². The molecule has 0 spiro atoms. The van der Waals surface area contributed by atoms with E-state index < -0.39 is 27.9 Å². The monoisotopic (exact) mass is 713 g/mol. The third-order valence-electron chi connectivity index (χ3n) is 9.05. The molecule has 0 aliphatic heterocycles. The Balaban J connectivity index is 0.000000579. The molecule has 0 saturated carbocycles. The van der Waals surface area contributed by atoms with E-state index in [-0.39, 0.29) is 86.0 Å². The second-order valence-corrected chi connectivity index (χ2v) is 12.7. The van der Waals surface area contributed by atoms with Crippen LogP contribution in [0.4, 0.5) is 0 Å². The number of rotatable bonds is 15. The van der Waals surface area contributed by atoms with E-state index in [2.05, 4.69) is 16.0 Å². The lowest BCUT2D eigenvalue weighted by Crippen LogP contribution is -2.42. The first kappa shape index (κ1) is 41.9. The van der Waals surface area contributed by atoms with Crippen molar-refractivity contribution in [1.29, 1.82) is 0 Å². The van der Waals surface area contributed by atoms with Gasteiger partial charge in [-0.3, -0.25) is 24.0 Å². The van der Waals surface area contributed by atoms with Gasteiger partial charge in [-0.2, -0.15) is 0 Å². The lowest BCUT2D eigenvalue weighted by atomic mass is 9.84. The average Bonchev–Trinajstić information content (AvgIpc) is 3.08. The number of pyridine rings is 3. The SMILES string of the molecule is CNCc1c(O)c(=O)cc(C)n1C.Cc1cc(=O)c(O)c(CNC(=O)CCC(N)(CCC=O)CCC(=O)NCc2c(O)c(=O)cc(C)n2C)n1C. The summed E-state index contributed by atoms with van der Waals surface area (Å²) in [7, 11) is 6.93. The minimum atomic E-state index is -0.966. The molecule has 2 amide bonds. The van der Waals surface area contributed by atoms with Crippen LogP contribution in [0.2, 0.25) is 0 Å². The molecule has 280 valence electrons. The molecule has 0 aliphatic carbocycles. The second-order valence-electron chi connectivity index (χ2n) is 12.7. The highest BCUT2D eigenvalue weighted by atomic mass is 16.3. The molecule has 0 atom stereocenters. The van der Waals surface area contributed by atoms with Crippen molar-refractivity contribution in [2.45, 2.75) is 84.5 Å². The van der Waals surface area contributed by atoms with Gasteiger partial charge in [0.15, 0.2) is 17.2 Å². The van der Waals surface area contributed by atoms with Crippen LogP contribution in [0.5, 0.6) is 17.2 Å². The predicted molar refractivity (Wildman–Crippen MR) is 191 cm³/mol. The zero-order valence-electron chi connectivity index (χ0n) is 30.4. The summed E-state index contributed by atoms with van der Waals surface area (Å²) in [5.41, 5.74) is 7.41. The Hall–Kier alpha value is -5.22. The summed E-state index contributed by atoms with van der Waals surface area (Å²) >= 11 is 0. The van der Waals surface area contributed by atoms with Crippen LogP contribution in [-0.4, -0.2) is 59.7 Å². The number of hydrogen-bond acceptors (Lipinski definition) is 11. The fraction of sp³-hybridized carbons (Fsp3) is 0.486. The highest BCUT2D eigenvalue weighted by Crippen LogP contribution is 2.23. The van der Waals surface area contributed by atoms with E-state index in [1.807, 2.05) is 14.0 Å². The van der Waals surface area contributed by atoms with Gasteiger partial charge in [0.25, 0.3) is 0 Å². The van der Waals surface area contributed by atoms with Crippen molar-refractivity contribution in [3.05, 3.63) is 83.0 Å². The van der Waals surface area contributed by atoms with Gasteiger partial charge in [0.2, 0.25) is 28.1 Å². The van der Waals surface area contributed by atoms with Gasteiger partial charge in [-0.05, 0) is 47.1 Å². The van der Waals surface area contributed by atoms with Crippen LogP contribution in [0.1, 0.15) is 72.7 Å². The number of aromatic nitrogens is 3. The highest BCUT2D eigenvalue weighted by Gasteiger charge is 2.27. The molecule has 16 nitrogen and oxygen atoms in total. The number of aromatic hydroxyl groups is 3. The Morgan fingerprint density at radius 2 is 1.02 bits per heavy atom. The van der Waals surface area contributed by atoms with E-state index in [4.69, 9.17) is 5.73 Å². The van der Waals surface area contributed by atoms with E-state index in [1.165, 1.54) is 18.2 Å². The van der Waals surface area contributed by atoms with Crippen molar-refractivity contribution in [3.63, 3.8) is 0 Å². The van der Waals surface area contributed by atoms with Crippen LogP contribution in [0, 0.1) is 20.8 Å². The van der Waals surface area contributed by atoms with E-state index in [9.17, 15) is 44.1 Å². The van der Waals surface area contributed by atoms with Gasteiger partial charge in [0.1, 0.15) is 6.29 Å². The molecule has 3 rings (SSSR count). The van der Waals surface area contributed by atoms with Crippen LogP contribution in [-0.2, 0) is 55.2 Å². The van der Waals surface area contributed by atoms with Crippen LogP contribution in [0.15, 0.2) is 32.6 Å². The van der Waals surface area contributed by atoms with Crippen molar-refractivity contribution in [3.8, 4) is 17.2 Å². The van der Waals surface area contributed by atoms with Crippen molar-refractivity contribution >= 4 is 18.1 Å². The van der Waals surface area contributed by atoms with Gasteiger partial charge in [-0.1, -0.05) is 0 Å². The smallest absolute Gasteiger partial charge is 0.223 e. The minimum Gasteiger partial charge on any atom is -0.503 e. The van der Waals surface area contributed by atoms with E-state index in [0.717, 1.165) is 12.0 Å². The standard InChI is InChI=1S/C26H37N5O7.C9H14N2O2/c1-16-12-20(33)24(37)18(30(16)3)14-28-22(35)6-9-26(27,8-5-11-32)10-7-23(36)29-15-19-25(38)21(34)13-17(2)31(19)4;1-6-4-8(12)9(13)7(5-10-2)11(6)3/h11-13,37-38H,5-10,14-15,27H2,1-4H3,(H,28,35)(H,29,36);4,10,13H,5H2,1-3H3. The molecule has 3 aromatic rings. The molecule has 0 aliphatic rings. The maximum absolute atomic E-state index is 12.5. The number of carbonyl (C=O) groups is 3. The zero-order chi connectivity index (χ0) is 38.6. The lowest BCUT2D eigenvalue weighted by molar-refractivity contribution is -0.121. The second kappa shape index (κ2) is 18.7. The molecule has 51 heavy (non-hydrogen) atoms. The largest absolute Gasteiger partial charge is 0.503 e. The van der Waals surface area contributed by atoms with Crippen molar-refractivity contribution in [2.75, 3.05) is 7.05 Å². The number of hydrogen-bond donors (Lipinski definition) is 7. The fourth-order valence-corrected chi connectivity index (χ4v) is 5.37. The number of amides is 2. The maximum Gasteiger partial charge on any atom is 0.223 e. The van der Waals surface area contributed by atoms with E-state index in [0.29, 0.717) is 23.6 Å². The van der Waals surface area contributed by atoms with Crippen LogP contribution < -0.4 is 38.0 Å². The molecular formula is C35H51N7O9. The van der Waals surface area contributed by atoms with Gasteiger partial charge >= 0.3 is 0 Å². The molecular weight excluding hydrogens is 662 g/mol. The summed E-state index contributed by atoms with van der Waals surface area (Å²) in [6.45, 7) is 5.63. The number of nitrogens with zero attached hydrogens (tertiary/aromatic N) is 3. The maximum atomic E-state index is 12.5. The Morgan fingerprint density at radius 3 is 1.33 bits per heavy atom. The van der Waals surface area contributed by atoms with Crippen molar-refractivity contribution in [1.82, 2.24) is 29.7 Å². The normalized spacial score (nSPS) is 11.1. The third-order valence-corrected chi connectivity index (χ3v) is 9.05.